The van der Waals surface area contributed by atoms with Crippen LogP contribution < -0.4 is 4.74 Å². The highest BCUT2D eigenvalue weighted by molar-refractivity contribution is 5.70. The number of esters is 1. The smallest absolute Gasteiger partial charge is 0.343 e. The molecule has 0 saturated heterocycles. The van der Waals surface area contributed by atoms with Crippen molar-refractivity contribution in [2.75, 3.05) is 13.7 Å². The number of methoxy groups -OCH3 is 1. The van der Waals surface area contributed by atoms with E-state index in [4.69, 9.17) is 4.74 Å². The summed E-state index contributed by atoms with van der Waals surface area (Å²) in [4.78, 5) is 10.7. The minimum atomic E-state index is -0.536. The quantitative estimate of drug-likeness (QED) is 0.693. The Morgan fingerprint density at radius 3 is 2.86 bits per heavy atom. The average molecular weight is 198 g/mol. The summed E-state index contributed by atoms with van der Waals surface area (Å²) in [6, 6.07) is 4.75. The fraction of sp³-hybridized carbons (Fsp3) is 0.300. The van der Waals surface area contributed by atoms with Gasteiger partial charge in [0.15, 0.2) is 18.2 Å². The lowest BCUT2D eigenvalue weighted by Gasteiger charge is -2.06. The third kappa shape index (κ3) is 2.45. The van der Waals surface area contributed by atoms with Crippen LogP contribution in [0.5, 0.6) is 5.75 Å². The second-order valence-electron chi connectivity index (χ2n) is 2.75. The lowest BCUT2D eigenvalue weighted by molar-refractivity contribution is -0.142. The Kier molecular flexibility index (Phi) is 3.45. The van der Waals surface area contributed by atoms with Gasteiger partial charge >= 0.3 is 5.97 Å². The molecule has 0 spiro atoms. The van der Waals surface area contributed by atoms with Crippen LogP contribution in [0.15, 0.2) is 18.2 Å². The maximum absolute atomic E-state index is 13.3. The molecule has 0 fully saturated rings. The minimum absolute atomic E-state index is 0.0652. The van der Waals surface area contributed by atoms with Crippen molar-refractivity contribution in [3.63, 3.8) is 0 Å². The predicted molar refractivity (Wildman–Crippen MR) is 48.6 cm³/mol. The summed E-state index contributed by atoms with van der Waals surface area (Å²) in [5.41, 5.74) is 0.479. The van der Waals surface area contributed by atoms with E-state index in [1.165, 1.54) is 13.2 Å². The van der Waals surface area contributed by atoms with Gasteiger partial charge in [-0.3, -0.25) is 0 Å². The van der Waals surface area contributed by atoms with Gasteiger partial charge in [-0.15, -0.1) is 0 Å². The van der Waals surface area contributed by atoms with E-state index in [2.05, 4.69) is 4.74 Å². The molecule has 0 aliphatic carbocycles. The Hall–Kier alpha value is -1.58. The molecule has 0 aliphatic heterocycles. The average Bonchev–Trinajstić information content (AvgIpc) is 2.20. The summed E-state index contributed by atoms with van der Waals surface area (Å²) in [6.45, 7) is 1.34. The molecule has 0 atom stereocenters. The van der Waals surface area contributed by atoms with E-state index in [9.17, 15) is 9.18 Å². The molecule has 0 bridgehead atoms. The number of rotatable bonds is 3. The first kappa shape index (κ1) is 10.5. The third-order valence-electron chi connectivity index (χ3n) is 1.73. The van der Waals surface area contributed by atoms with E-state index in [-0.39, 0.29) is 12.4 Å². The van der Waals surface area contributed by atoms with Gasteiger partial charge in [0.1, 0.15) is 0 Å². The first-order valence-electron chi connectivity index (χ1n) is 4.10. The van der Waals surface area contributed by atoms with Crippen LogP contribution in [0, 0.1) is 12.7 Å². The molecule has 0 unspecified atom stereocenters. The number of hydrogen-bond donors (Lipinski definition) is 0. The topological polar surface area (TPSA) is 35.5 Å². The largest absolute Gasteiger partial charge is 0.479 e. The van der Waals surface area contributed by atoms with Gasteiger partial charge in [0, 0.05) is 0 Å². The zero-order chi connectivity index (χ0) is 10.6. The third-order valence-corrected chi connectivity index (χ3v) is 1.73. The van der Waals surface area contributed by atoms with Crippen LogP contribution in [-0.4, -0.2) is 19.7 Å². The maximum atomic E-state index is 13.3. The van der Waals surface area contributed by atoms with Crippen molar-refractivity contribution in [3.05, 3.63) is 29.6 Å². The summed E-state index contributed by atoms with van der Waals surface area (Å²) < 4.78 is 22.6. The normalized spacial score (nSPS) is 9.64. The summed E-state index contributed by atoms with van der Waals surface area (Å²) in [5, 5.41) is 0. The van der Waals surface area contributed by atoms with Crippen LogP contribution in [0.1, 0.15) is 5.56 Å². The molecular formula is C10H11FO3. The first-order valence-corrected chi connectivity index (χ1v) is 4.10. The second kappa shape index (κ2) is 4.60. The van der Waals surface area contributed by atoms with Gasteiger partial charge in [0.25, 0.3) is 0 Å². The summed E-state index contributed by atoms with van der Waals surface area (Å²) in [5.74, 6) is -0.919. The fourth-order valence-corrected chi connectivity index (χ4v) is 0.928. The number of ether oxygens (including phenoxy) is 2. The molecule has 0 amide bonds. The fourth-order valence-electron chi connectivity index (χ4n) is 0.928. The zero-order valence-corrected chi connectivity index (χ0v) is 8.04. The molecule has 1 rings (SSSR count). The number of benzene rings is 1. The van der Waals surface area contributed by atoms with Crippen LogP contribution in [-0.2, 0) is 9.53 Å². The van der Waals surface area contributed by atoms with E-state index in [0.29, 0.717) is 5.56 Å². The van der Waals surface area contributed by atoms with Crippen molar-refractivity contribution in [3.8, 4) is 5.75 Å². The molecule has 1 aromatic rings. The zero-order valence-electron chi connectivity index (χ0n) is 8.04. The summed E-state index contributed by atoms with van der Waals surface area (Å²) >= 11 is 0. The van der Waals surface area contributed by atoms with Crippen LogP contribution in [0.2, 0.25) is 0 Å². The van der Waals surface area contributed by atoms with Crippen LogP contribution in [0.3, 0.4) is 0 Å². The minimum Gasteiger partial charge on any atom is -0.479 e. The van der Waals surface area contributed by atoms with E-state index in [0.717, 1.165) is 0 Å². The molecule has 0 heterocycles. The SMILES string of the molecule is COC(=O)COc1cccc(C)c1F. The first-order chi connectivity index (χ1) is 6.65. The van der Waals surface area contributed by atoms with Crippen molar-refractivity contribution in [2.45, 2.75) is 6.92 Å². The predicted octanol–water partition coefficient (Wildman–Crippen LogP) is 1.69. The molecule has 14 heavy (non-hydrogen) atoms. The highest BCUT2D eigenvalue weighted by Gasteiger charge is 2.07. The standard InChI is InChI=1S/C10H11FO3/c1-7-4-3-5-8(10(7)11)14-6-9(12)13-2/h3-5H,6H2,1-2H3. The van der Waals surface area contributed by atoms with Gasteiger partial charge in [-0.25, -0.2) is 9.18 Å². The van der Waals surface area contributed by atoms with Gasteiger partial charge in [-0.1, -0.05) is 12.1 Å². The Morgan fingerprint density at radius 1 is 1.50 bits per heavy atom. The van der Waals surface area contributed by atoms with Crippen molar-refractivity contribution < 1.29 is 18.7 Å². The molecule has 4 heteroatoms. The Bertz CT molecular complexity index is 336. The Labute approximate surface area is 81.4 Å². The van der Waals surface area contributed by atoms with Crippen molar-refractivity contribution in [1.82, 2.24) is 0 Å². The number of hydrogen-bond acceptors (Lipinski definition) is 3. The lowest BCUT2D eigenvalue weighted by atomic mass is 10.2. The van der Waals surface area contributed by atoms with E-state index >= 15 is 0 Å². The molecule has 1 aromatic carbocycles. The van der Waals surface area contributed by atoms with Gasteiger partial charge in [0.05, 0.1) is 7.11 Å². The van der Waals surface area contributed by atoms with E-state index < -0.39 is 11.8 Å². The Balaban J connectivity index is 2.68. The number of carbonyl (C=O) groups is 1. The molecule has 76 valence electrons. The molecule has 3 nitrogen and oxygen atoms in total. The van der Waals surface area contributed by atoms with Gasteiger partial charge in [-0.05, 0) is 18.6 Å². The number of carbonyl (C=O) groups excluding carboxylic acids is 1. The molecule has 0 saturated carbocycles. The van der Waals surface area contributed by atoms with Crippen LogP contribution in [0.25, 0.3) is 0 Å². The van der Waals surface area contributed by atoms with Crippen LogP contribution in [0.4, 0.5) is 4.39 Å². The summed E-state index contributed by atoms with van der Waals surface area (Å²) in [7, 11) is 1.25. The highest BCUT2D eigenvalue weighted by Crippen LogP contribution is 2.19. The van der Waals surface area contributed by atoms with Crippen molar-refractivity contribution in [1.29, 1.82) is 0 Å². The van der Waals surface area contributed by atoms with E-state index in [1.54, 1.807) is 19.1 Å². The molecule has 0 aliphatic rings. The highest BCUT2D eigenvalue weighted by atomic mass is 19.1. The Morgan fingerprint density at radius 2 is 2.21 bits per heavy atom. The van der Waals surface area contributed by atoms with Gasteiger partial charge in [-0.2, -0.15) is 0 Å². The van der Waals surface area contributed by atoms with Crippen molar-refractivity contribution in [2.24, 2.45) is 0 Å². The van der Waals surface area contributed by atoms with Crippen LogP contribution >= 0.6 is 0 Å². The maximum Gasteiger partial charge on any atom is 0.343 e. The number of halogens is 1. The molecule has 0 aromatic heterocycles. The molecule has 0 radical (unpaired) electrons. The lowest BCUT2D eigenvalue weighted by Crippen LogP contribution is -2.13. The molecular weight excluding hydrogens is 187 g/mol. The van der Waals surface area contributed by atoms with Gasteiger partial charge in [0.2, 0.25) is 0 Å². The second-order valence-corrected chi connectivity index (χ2v) is 2.75. The summed E-state index contributed by atoms with van der Waals surface area (Å²) in [6.07, 6.45) is 0. The number of aryl methyl sites for hydroxylation is 1. The van der Waals surface area contributed by atoms with Gasteiger partial charge < -0.3 is 9.47 Å². The van der Waals surface area contributed by atoms with E-state index in [1.807, 2.05) is 0 Å². The monoisotopic (exact) mass is 198 g/mol. The molecule has 0 N–H and O–H groups in total. The van der Waals surface area contributed by atoms with Crippen molar-refractivity contribution >= 4 is 5.97 Å².